The number of benzene rings is 1. The molecular weight excluding hydrogens is 400 g/mol. The number of nitrogens with one attached hydrogen (secondary N) is 1. The van der Waals surface area contributed by atoms with Gasteiger partial charge in [-0.2, -0.15) is 5.26 Å². The molecule has 0 amide bonds. The lowest BCUT2D eigenvalue weighted by atomic mass is 10.3. The van der Waals surface area contributed by atoms with Crippen molar-refractivity contribution in [3.8, 4) is 6.07 Å². The van der Waals surface area contributed by atoms with Gasteiger partial charge in [-0.05, 0) is 18.2 Å². The minimum Gasteiger partial charge on any atom is -0.383 e. The zero-order valence-corrected chi connectivity index (χ0v) is 16.4. The SMILES string of the molecule is COCCn1c(SCc2cc(=O)n3[nH]cc(C#N)c3n2)nc2cc(Cl)ccc21. The Morgan fingerprint density at radius 2 is 2.21 bits per heavy atom. The minimum atomic E-state index is -0.262. The van der Waals surface area contributed by atoms with Crippen molar-refractivity contribution in [2.24, 2.45) is 0 Å². The Kier molecular flexibility index (Phi) is 5.09. The number of aromatic nitrogens is 5. The van der Waals surface area contributed by atoms with Crippen LogP contribution < -0.4 is 5.56 Å². The molecule has 3 aromatic heterocycles. The maximum Gasteiger partial charge on any atom is 0.272 e. The summed E-state index contributed by atoms with van der Waals surface area (Å²) in [6, 6.07) is 9.06. The van der Waals surface area contributed by atoms with Crippen LogP contribution in [0.15, 0.2) is 40.4 Å². The van der Waals surface area contributed by atoms with Crippen LogP contribution in [-0.2, 0) is 17.0 Å². The van der Waals surface area contributed by atoms with Crippen molar-refractivity contribution in [2.45, 2.75) is 17.5 Å². The zero-order valence-electron chi connectivity index (χ0n) is 14.8. The van der Waals surface area contributed by atoms with Crippen molar-refractivity contribution in [2.75, 3.05) is 13.7 Å². The highest BCUT2D eigenvalue weighted by molar-refractivity contribution is 7.98. The molecule has 0 spiro atoms. The first-order chi connectivity index (χ1) is 13.6. The Morgan fingerprint density at radius 1 is 1.36 bits per heavy atom. The summed E-state index contributed by atoms with van der Waals surface area (Å²) in [4.78, 5) is 21.4. The van der Waals surface area contributed by atoms with Crippen LogP contribution in [-0.4, -0.2) is 37.9 Å². The first kappa shape index (κ1) is 18.6. The van der Waals surface area contributed by atoms with Crippen molar-refractivity contribution in [1.29, 1.82) is 5.26 Å². The summed E-state index contributed by atoms with van der Waals surface area (Å²) in [5, 5.41) is 13.3. The van der Waals surface area contributed by atoms with E-state index in [2.05, 4.69) is 19.6 Å². The monoisotopic (exact) mass is 414 g/mol. The zero-order chi connectivity index (χ0) is 19.7. The molecular formula is C18H15ClN6O2S. The highest BCUT2D eigenvalue weighted by Crippen LogP contribution is 2.28. The first-order valence-electron chi connectivity index (χ1n) is 8.38. The largest absolute Gasteiger partial charge is 0.383 e. The topological polar surface area (TPSA) is 101 Å². The summed E-state index contributed by atoms with van der Waals surface area (Å²) >= 11 is 7.56. The van der Waals surface area contributed by atoms with E-state index in [1.54, 1.807) is 7.11 Å². The van der Waals surface area contributed by atoms with E-state index in [-0.39, 0.29) is 5.56 Å². The van der Waals surface area contributed by atoms with Gasteiger partial charge in [-0.25, -0.2) is 14.5 Å². The number of H-pyrrole nitrogens is 1. The lowest BCUT2D eigenvalue weighted by Gasteiger charge is -2.08. The molecule has 10 heteroatoms. The summed E-state index contributed by atoms with van der Waals surface area (Å²) in [6.45, 7) is 1.19. The average molecular weight is 415 g/mol. The Balaban J connectivity index is 1.68. The van der Waals surface area contributed by atoms with Gasteiger partial charge in [0.05, 0.1) is 23.3 Å². The van der Waals surface area contributed by atoms with Gasteiger partial charge in [-0.3, -0.25) is 9.89 Å². The predicted octanol–water partition coefficient (Wildman–Crippen LogP) is 2.84. The molecule has 4 aromatic rings. The quantitative estimate of drug-likeness (QED) is 0.487. The molecule has 28 heavy (non-hydrogen) atoms. The molecule has 0 aliphatic carbocycles. The van der Waals surface area contributed by atoms with E-state index in [0.29, 0.717) is 40.8 Å². The van der Waals surface area contributed by atoms with E-state index < -0.39 is 0 Å². The summed E-state index contributed by atoms with van der Waals surface area (Å²) in [5.74, 6) is 0.436. The molecule has 8 nitrogen and oxygen atoms in total. The number of hydrogen-bond acceptors (Lipinski definition) is 6. The van der Waals surface area contributed by atoms with Gasteiger partial charge in [0, 0.05) is 36.7 Å². The molecule has 4 rings (SSSR count). The number of thioether (sulfide) groups is 1. The Hall–Kier alpha value is -2.80. The minimum absolute atomic E-state index is 0.262. The van der Waals surface area contributed by atoms with Crippen LogP contribution in [0, 0.1) is 11.3 Å². The number of fused-ring (bicyclic) bond motifs is 2. The van der Waals surface area contributed by atoms with Gasteiger partial charge in [-0.15, -0.1) is 0 Å². The van der Waals surface area contributed by atoms with Crippen LogP contribution in [0.2, 0.25) is 5.02 Å². The second-order valence-electron chi connectivity index (χ2n) is 6.00. The summed E-state index contributed by atoms with van der Waals surface area (Å²) in [5.41, 5.74) is 2.73. The van der Waals surface area contributed by atoms with Crippen LogP contribution in [0.1, 0.15) is 11.3 Å². The van der Waals surface area contributed by atoms with Gasteiger partial charge < -0.3 is 9.30 Å². The third-order valence-corrected chi connectivity index (χ3v) is 5.46. The van der Waals surface area contributed by atoms with Crippen molar-refractivity contribution in [3.05, 3.63) is 57.1 Å². The normalized spacial score (nSPS) is 11.3. The predicted molar refractivity (Wildman–Crippen MR) is 107 cm³/mol. The fraction of sp³-hybridized carbons (Fsp3) is 0.222. The maximum atomic E-state index is 12.2. The molecule has 3 heterocycles. The molecule has 1 N–H and O–H groups in total. The standard InChI is InChI=1S/C18H15ClN6O2S/c1-27-5-4-24-15-3-2-12(19)6-14(15)23-18(24)28-10-13-7-16(26)25-17(22-13)11(8-20)9-21-25/h2-3,6-7,9,21H,4-5,10H2,1H3. The fourth-order valence-electron chi connectivity index (χ4n) is 2.91. The Bertz CT molecular complexity index is 1270. The molecule has 0 bridgehead atoms. The lowest BCUT2D eigenvalue weighted by Crippen LogP contribution is -2.15. The molecule has 0 fully saturated rings. The number of halogens is 1. The number of hydrogen-bond donors (Lipinski definition) is 1. The van der Waals surface area contributed by atoms with Gasteiger partial charge in [0.2, 0.25) is 0 Å². The lowest BCUT2D eigenvalue weighted by molar-refractivity contribution is 0.186. The molecule has 142 valence electrons. The van der Waals surface area contributed by atoms with Crippen LogP contribution in [0.25, 0.3) is 16.7 Å². The number of nitrogens with zero attached hydrogens (tertiary/aromatic N) is 5. The summed E-state index contributed by atoms with van der Waals surface area (Å²) in [6.07, 6.45) is 1.47. The van der Waals surface area contributed by atoms with Gasteiger partial charge in [0.1, 0.15) is 11.6 Å². The van der Waals surface area contributed by atoms with E-state index in [0.717, 1.165) is 16.2 Å². The summed E-state index contributed by atoms with van der Waals surface area (Å²) in [7, 11) is 1.65. The van der Waals surface area contributed by atoms with Crippen molar-refractivity contribution < 1.29 is 4.74 Å². The fourth-order valence-corrected chi connectivity index (χ4v) is 4.01. The van der Waals surface area contributed by atoms with Crippen molar-refractivity contribution in [3.63, 3.8) is 0 Å². The maximum absolute atomic E-state index is 12.2. The van der Waals surface area contributed by atoms with Crippen LogP contribution in [0.4, 0.5) is 0 Å². The molecule has 0 aliphatic rings. The van der Waals surface area contributed by atoms with Crippen LogP contribution >= 0.6 is 23.4 Å². The smallest absolute Gasteiger partial charge is 0.272 e. The second kappa shape index (κ2) is 7.67. The number of ether oxygens (including phenoxy) is 1. The van der Waals surface area contributed by atoms with E-state index in [4.69, 9.17) is 21.6 Å². The van der Waals surface area contributed by atoms with Crippen LogP contribution in [0.3, 0.4) is 0 Å². The Morgan fingerprint density at radius 3 is 3.00 bits per heavy atom. The molecule has 0 atom stereocenters. The third kappa shape index (κ3) is 3.38. The molecule has 0 saturated carbocycles. The van der Waals surface area contributed by atoms with Gasteiger partial charge in [-0.1, -0.05) is 23.4 Å². The summed E-state index contributed by atoms with van der Waals surface area (Å²) < 4.78 is 8.52. The van der Waals surface area contributed by atoms with Crippen molar-refractivity contribution >= 4 is 40.0 Å². The van der Waals surface area contributed by atoms with E-state index in [1.165, 1.54) is 28.5 Å². The van der Waals surface area contributed by atoms with Gasteiger partial charge in [0.15, 0.2) is 10.8 Å². The highest BCUT2D eigenvalue weighted by atomic mass is 35.5. The van der Waals surface area contributed by atoms with E-state index >= 15 is 0 Å². The average Bonchev–Trinajstić information content (AvgIpc) is 3.25. The molecule has 0 radical (unpaired) electrons. The van der Waals surface area contributed by atoms with Gasteiger partial charge in [0.25, 0.3) is 5.56 Å². The molecule has 0 aliphatic heterocycles. The molecule has 0 saturated heterocycles. The first-order valence-corrected chi connectivity index (χ1v) is 9.74. The van der Waals surface area contributed by atoms with Crippen LogP contribution in [0.5, 0.6) is 0 Å². The Labute approximate surface area is 168 Å². The molecule has 0 unspecified atom stereocenters. The molecule has 1 aromatic carbocycles. The van der Waals surface area contributed by atoms with Crippen molar-refractivity contribution in [1.82, 2.24) is 24.1 Å². The third-order valence-electron chi connectivity index (χ3n) is 4.21. The highest BCUT2D eigenvalue weighted by Gasteiger charge is 2.14. The van der Waals surface area contributed by atoms with Gasteiger partial charge >= 0.3 is 0 Å². The van der Waals surface area contributed by atoms with E-state index in [9.17, 15) is 4.79 Å². The number of rotatable bonds is 6. The second-order valence-corrected chi connectivity index (χ2v) is 7.38. The number of imidazole rings is 1. The number of nitriles is 1. The number of methoxy groups -OCH3 is 1. The van der Waals surface area contributed by atoms with E-state index in [1.807, 2.05) is 24.3 Å². The number of aromatic amines is 1.